The van der Waals surface area contributed by atoms with Crippen molar-refractivity contribution >= 4 is 23.4 Å². The predicted octanol–water partition coefficient (Wildman–Crippen LogP) is 9.05. The van der Waals surface area contributed by atoms with Crippen LogP contribution in [0.5, 0.6) is 0 Å². The largest absolute Gasteiger partial charge is 0.351 e. The van der Waals surface area contributed by atoms with E-state index < -0.39 is 12.1 Å². The molecule has 238 valence electrons. The third kappa shape index (κ3) is 8.64. The number of amides is 4. The van der Waals surface area contributed by atoms with Gasteiger partial charge in [-0.3, -0.25) is 9.80 Å². The van der Waals surface area contributed by atoms with Gasteiger partial charge in [0.2, 0.25) is 0 Å². The number of primary amides is 2. The molecule has 4 N–H and O–H groups in total. The van der Waals surface area contributed by atoms with E-state index in [1.54, 1.807) is 9.80 Å². The quantitative estimate of drug-likeness (QED) is 0.296. The van der Waals surface area contributed by atoms with E-state index in [4.69, 9.17) is 11.5 Å². The van der Waals surface area contributed by atoms with Crippen LogP contribution < -0.4 is 21.3 Å². The number of urea groups is 2. The minimum atomic E-state index is -0.506. The molecule has 0 aromatic heterocycles. The first-order valence-electron chi connectivity index (χ1n) is 15.5. The van der Waals surface area contributed by atoms with Crippen LogP contribution in [0.1, 0.15) is 116 Å². The van der Waals surface area contributed by atoms with Crippen LogP contribution in [0.15, 0.2) is 60.7 Å². The van der Waals surface area contributed by atoms with Crippen LogP contribution in [0.3, 0.4) is 0 Å². The Bertz CT molecular complexity index is 1320. The third-order valence-electron chi connectivity index (χ3n) is 8.16. The molecule has 0 saturated heterocycles. The van der Waals surface area contributed by atoms with Crippen LogP contribution in [0.2, 0.25) is 0 Å². The summed E-state index contributed by atoms with van der Waals surface area (Å²) in [6.45, 7) is 26.7. The van der Waals surface area contributed by atoms with Crippen molar-refractivity contribution in [3.63, 3.8) is 0 Å². The third-order valence-corrected chi connectivity index (χ3v) is 8.16. The molecule has 3 rings (SSSR count). The van der Waals surface area contributed by atoms with Crippen molar-refractivity contribution in [2.45, 2.75) is 118 Å². The fraction of sp³-hybridized carbons (Fsp3) is 0.474. The van der Waals surface area contributed by atoms with Gasteiger partial charge in [0.05, 0.1) is 13.1 Å². The number of hydrogen-bond donors (Lipinski definition) is 2. The Balaban J connectivity index is 1.95. The number of nitrogens with zero attached hydrogens (tertiary/aromatic N) is 2. The van der Waals surface area contributed by atoms with Crippen LogP contribution >= 0.6 is 0 Å². The highest BCUT2D eigenvalue weighted by Gasteiger charge is 2.25. The van der Waals surface area contributed by atoms with E-state index in [1.165, 1.54) is 0 Å². The van der Waals surface area contributed by atoms with Gasteiger partial charge in [0, 0.05) is 11.4 Å². The summed E-state index contributed by atoms with van der Waals surface area (Å²) in [4.78, 5) is 28.8. The normalized spacial score (nSPS) is 12.6. The summed E-state index contributed by atoms with van der Waals surface area (Å²) in [7, 11) is 0. The Hall–Kier alpha value is -3.80. The molecular formula is C38H54N4O2. The van der Waals surface area contributed by atoms with Crippen molar-refractivity contribution in [3.05, 3.63) is 94.0 Å². The summed E-state index contributed by atoms with van der Waals surface area (Å²) in [6.07, 6.45) is 0. The number of hydrogen-bond acceptors (Lipinski definition) is 2. The fourth-order valence-corrected chi connectivity index (χ4v) is 4.97. The topological polar surface area (TPSA) is 92.7 Å². The summed E-state index contributed by atoms with van der Waals surface area (Å²) in [6, 6.07) is 19.6. The SMILES string of the molecule is CC(C)(C)c1cc(N(Cc2ccc(CN(C(N)=O)c3cc(C(C)(C)C)cc(C(C)(C)C)c3)cc2)C(N)=O)cc(C(C)(C)C)c1. The molecule has 6 nitrogen and oxygen atoms in total. The minimum Gasteiger partial charge on any atom is -0.351 e. The maximum absolute atomic E-state index is 12.8. The number of carbonyl (C=O) groups is 2. The van der Waals surface area contributed by atoms with Crippen LogP contribution in [-0.4, -0.2) is 12.1 Å². The van der Waals surface area contributed by atoms with E-state index in [2.05, 4.69) is 119 Å². The Kier molecular flexibility index (Phi) is 9.70. The lowest BCUT2D eigenvalue weighted by Gasteiger charge is -2.29. The van der Waals surface area contributed by atoms with Gasteiger partial charge in [-0.1, -0.05) is 119 Å². The van der Waals surface area contributed by atoms with E-state index in [9.17, 15) is 9.59 Å². The van der Waals surface area contributed by atoms with Gasteiger partial charge >= 0.3 is 12.1 Å². The van der Waals surface area contributed by atoms with E-state index in [-0.39, 0.29) is 21.7 Å². The van der Waals surface area contributed by atoms with Crippen molar-refractivity contribution in [2.75, 3.05) is 9.80 Å². The molecule has 0 spiro atoms. The van der Waals surface area contributed by atoms with Gasteiger partial charge in [0.25, 0.3) is 0 Å². The second kappa shape index (κ2) is 12.3. The molecule has 44 heavy (non-hydrogen) atoms. The van der Waals surface area contributed by atoms with Gasteiger partial charge in [-0.05, 0) is 79.3 Å². The number of rotatable bonds is 6. The Morgan fingerprint density at radius 2 is 0.705 bits per heavy atom. The van der Waals surface area contributed by atoms with Crippen LogP contribution in [0.4, 0.5) is 21.0 Å². The van der Waals surface area contributed by atoms with Gasteiger partial charge < -0.3 is 11.5 Å². The van der Waals surface area contributed by atoms with E-state index in [0.29, 0.717) is 13.1 Å². The molecular weight excluding hydrogens is 544 g/mol. The van der Waals surface area contributed by atoms with Gasteiger partial charge in [0.1, 0.15) is 0 Å². The first-order chi connectivity index (χ1) is 20.0. The van der Waals surface area contributed by atoms with Gasteiger partial charge in [-0.25, -0.2) is 9.59 Å². The van der Waals surface area contributed by atoms with Crippen molar-refractivity contribution in [2.24, 2.45) is 11.5 Å². The predicted molar refractivity (Wildman–Crippen MR) is 186 cm³/mol. The summed E-state index contributed by atoms with van der Waals surface area (Å²) in [5.74, 6) is 0. The number of carbonyl (C=O) groups excluding carboxylic acids is 2. The van der Waals surface area contributed by atoms with E-state index >= 15 is 0 Å². The van der Waals surface area contributed by atoms with Crippen molar-refractivity contribution in [1.82, 2.24) is 0 Å². The fourth-order valence-electron chi connectivity index (χ4n) is 4.97. The Morgan fingerprint density at radius 1 is 0.477 bits per heavy atom. The van der Waals surface area contributed by atoms with E-state index in [0.717, 1.165) is 44.8 Å². The van der Waals surface area contributed by atoms with Crippen molar-refractivity contribution in [1.29, 1.82) is 0 Å². The molecule has 4 amide bonds. The van der Waals surface area contributed by atoms with Gasteiger partial charge in [0.15, 0.2) is 0 Å². The zero-order valence-electron chi connectivity index (χ0n) is 29.1. The van der Waals surface area contributed by atoms with Crippen molar-refractivity contribution < 1.29 is 9.59 Å². The molecule has 0 aliphatic heterocycles. The number of anilines is 2. The minimum absolute atomic E-state index is 0.0900. The maximum atomic E-state index is 12.8. The number of benzene rings is 3. The van der Waals surface area contributed by atoms with Gasteiger partial charge in [-0.15, -0.1) is 0 Å². The molecule has 0 radical (unpaired) electrons. The van der Waals surface area contributed by atoms with E-state index in [1.807, 2.05) is 24.3 Å². The first-order valence-corrected chi connectivity index (χ1v) is 15.5. The molecule has 0 saturated carbocycles. The highest BCUT2D eigenvalue weighted by Crippen LogP contribution is 2.35. The summed E-state index contributed by atoms with van der Waals surface area (Å²) in [5, 5.41) is 0. The monoisotopic (exact) mass is 598 g/mol. The molecule has 0 unspecified atom stereocenters. The molecule has 3 aromatic carbocycles. The van der Waals surface area contributed by atoms with Crippen molar-refractivity contribution in [3.8, 4) is 0 Å². The molecule has 3 aromatic rings. The standard InChI is InChI=1S/C38H54N4O2/c1-35(2,3)27-17-28(36(4,5)6)20-31(19-27)41(33(39)43)23-25-13-15-26(16-14-25)24-42(34(40)44)32-21-29(37(7,8)9)18-30(22-32)38(10,11)12/h13-22H,23-24H2,1-12H3,(H2,39,43)(H2,40,44). The molecule has 0 heterocycles. The molecule has 0 fully saturated rings. The second-order valence-corrected chi connectivity index (χ2v) is 16.2. The lowest BCUT2D eigenvalue weighted by Crippen LogP contribution is -2.36. The summed E-state index contributed by atoms with van der Waals surface area (Å²) in [5.41, 5.74) is 19.6. The molecule has 0 aliphatic rings. The average Bonchev–Trinajstić information content (AvgIpc) is 2.88. The molecule has 0 bridgehead atoms. The highest BCUT2D eigenvalue weighted by atomic mass is 16.2. The smallest absolute Gasteiger partial charge is 0.319 e. The second-order valence-electron chi connectivity index (χ2n) is 16.2. The Morgan fingerprint density at radius 3 is 0.886 bits per heavy atom. The average molecular weight is 599 g/mol. The number of nitrogens with two attached hydrogens (primary N) is 2. The first kappa shape index (κ1) is 34.7. The summed E-state index contributed by atoms with van der Waals surface area (Å²) < 4.78 is 0. The Labute approximate surface area is 265 Å². The van der Waals surface area contributed by atoms with Crippen LogP contribution in [0, 0.1) is 0 Å². The lowest BCUT2D eigenvalue weighted by atomic mass is 9.80. The maximum Gasteiger partial charge on any atom is 0.319 e. The lowest BCUT2D eigenvalue weighted by molar-refractivity contribution is 0.252. The van der Waals surface area contributed by atoms with Crippen LogP contribution in [0.25, 0.3) is 0 Å². The zero-order valence-corrected chi connectivity index (χ0v) is 29.1. The molecule has 0 atom stereocenters. The molecule has 6 heteroatoms. The molecule has 0 aliphatic carbocycles. The highest BCUT2D eigenvalue weighted by molar-refractivity contribution is 5.91. The van der Waals surface area contributed by atoms with Gasteiger partial charge in [-0.2, -0.15) is 0 Å². The van der Waals surface area contributed by atoms with Crippen LogP contribution in [-0.2, 0) is 34.7 Å². The zero-order chi connectivity index (χ0) is 33.4. The summed E-state index contributed by atoms with van der Waals surface area (Å²) >= 11 is 0.